The van der Waals surface area contributed by atoms with Gasteiger partial charge in [-0.1, -0.05) is 24.3 Å². The fraction of sp³-hybridized carbons (Fsp3) is 0.231. The molecule has 2 aromatic rings. The van der Waals surface area contributed by atoms with E-state index in [0.29, 0.717) is 12.4 Å². The van der Waals surface area contributed by atoms with Crippen molar-refractivity contribution in [3.63, 3.8) is 0 Å². The van der Waals surface area contributed by atoms with E-state index in [1.807, 2.05) is 24.3 Å². The highest BCUT2D eigenvalue weighted by molar-refractivity contribution is 5.58. The van der Waals surface area contributed by atoms with Crippen LogP contribution < -0.4 is 11.3 Å². The van der Waals surface area contributed by atoms with Crippen LogP contribution in [0.3, 0.4) is 0 Å². The van der Waals surface area contributed by atoms with Crippen LogP contribution in [0.5, 0.6) is 0 Å². The molecule has 6 heteroatoms. The van der Waals surface area contributed by atoms with Crippen LogP contribution in [0.15, 0.2) is 24.3 Å². The molecule has 0 aliphatic rings. The Morgan fingerprint density at radius 2 is 1.95 bits per heavy atom. The second-order valence-electron chi connectivity index (χ2n) is 4.07. The number of rotatable bonds is 4. The summed E-state index contributed by atoms with van der Waals surface area (Å²) in [5.41, 5.74) is 4.32. The normalized spacial score (nSPS) is 10.5. The molecule has 0 aliphatic heterocycles. The molecule has 1 heterocycles. The number of methoxy groups -OCH3 is 1. The molecule has 0 saturated carbocycles. The summed E-state index contributed by atoms with van der Waals surface area (Å²) in [6.07, 6.45) is 0. The van der Waals surface area contributed by atoms with Crippen LogP contribution in [-0.2, 0) is 11.3 Å². The van der Waals surface area contributed by atoms with Crippen LogP contribution in [0, 0.1) is 12.7 Å². The number of anilines is 1. The summed E-state index contributed by atoms with van der Waals surface area (Å²) in [5, 5.41) is 0. The molecular weight excluding hydrogens is 247 g/mol. The number of nitrogen functional groups attached to an aromatic ring is 1. The summed E-state index contributed by atoms with van der Waals surface area (Å²) in [6.45, 7) is 2.11. The zero-order valence-corrected chi connectivity index (χ0v) is 10.8. The number of benzene rings is 1. The molecule has 1 aromatic heterocycles. The smallest absolute Gasteiger partial charge is 0.187 e. The van der Waals surface area contributed by atoms with E-state index in [-0.39, 0.29) is 11.5 Å². The lowest BCUT2D eigenvalue weighted by molar-refractivity contribution is 0.185. The van der Waals surface area contributed by atoms with Crippen molar-refractivity contribution in [2.24, 2.45) is 5.84 Å². The third-order valence-corrected chi connectivity index (χ3v) is 2.68. The van der Waals surface area contributed by atoms with Crippen LogP contribution in [0.2, 0.25) is 0 Å². The van der Waals surface area contributed by atoms with Gasteiger partial charge in [-0.25, -0.2) is 20.2 Å². The zero-order chi connectivity index (χ0) is 13.8. The maximum Gasteiger partial charge on any atom is 0.187 e. The van der Waals surface area contributed by atoms with Crippen LogP contribution in [0.25, 0.3) is 11.4 Å². The van der Waals surface area contributed by atoms with Crippen LogP contribution >= 0.6 is 0 Å². The fourth-order valence-corrected chi connectivity index (χ4v) is 1.70. The Morgan fingerprint density at radius 3 is 2.53 bits per heavy atom. The monoisotopic (exact) mass is 262 g/mol. The predicted octanol–water partition coefficient (Wildman–Crippen LogP) is 2.02. The summed E-state index contributed by atoms with van der Waals surface area (Å²) in [7, 11) is 1.64. The molecule has 0 fully saturated rings. The molecule has 0 amide bonds. The number of hydrazine groups is 1. The third kappa shape index (κ3) is 2.86. The van der Waals surface area contributed by atoms with Crippen LogP contribution in [0.4, 0.5) is 10.2 Å². The summed E-state index contributed by atoms with van der Waals surface area (Å²) < 4.78 is 18.6. The molecule has 0 radical (unpaired) electrons. The van der Waals surface area contributed by atoms with Crippen molar-refractivity contribution < 1.29 is 9.13 Å². The molecule has 0 bridgehead atoms. The SMILES string of the molecule is COCc1ccc(-c2nc(C)c(F)c(NN)n2)cc1. The van der Waals surface area contributed by atoms with Crippen molar-refractivity contribution in [3.05, 3.63) is 41.3 Å². The van der Waals surface area contributed by atoms with Crippen molar-refractivity contribution >= 4 is 5.82 Å². The number of aryl methyl sites for hydroxylation is 1. The minimum absolute atomic E-state index is 0.0107. The van der Waals surface area contributed by atoms with Gasteiger partial charge < -0.3 is 10.2 Å². The third-order valence-electron chi connectivity index (χ3n) is 2.68. The summed E-state index contributed by atoms with van der Waals surface area (Å²) in [5.74, 6) is 5.11. The van der Waals surface area contributed by atoms with E-state index in [1.54, 1.807) is 14.0 Å². The lowest BCUT2D eigenvalue weighted by Crippen LogP contribution is -2.13. The Bertz CT molecular complexity index is 572. The highest BCUT2D eigenvalue weighted by atomic mass is 19.1. The van der Waals surface area contributed by atoms with E-state index >= 15 is 0 Å². The average molecular weight is 262 g/mol. The molecule has 19 heavy (non-hydrogen) atoms. The average Bonchev–Trinajstić information content (AvgIpc) is 2.43. The highest BCUT2D eigenvalue weighted by Crippen LogP contribution is 2.21. The van der Waals surface area contributed by atoms with E-state index in [1.165, 1.54) is 0 Å². The van der Waals surface area contributed by atoms with E-state index in [4.69, 9.17) is 10.6 Å². The maximum atomic E-state index is 13.6. The quantitative estimate of drug-likeness (QED) is 0.651. The Kier molecular flexibility index (Phi) is 4.03. The first kappa shape index (κ1) is 13.4. The predicted molar refractivity (Wildman–Crippen MR) is 70.7 cm³/mol. The maximum absolute atomic E-state index is 13.6. The van der Waals surface area contributed by atoms with Crippen LogP contribution in [0.1, 0.15) is 11.3 Å². The van der Waals surface area contributed by atoms with Gasteiger partial charge in [0, 0.05) is 12.7 Å². The Morgan fingerprint density at radius 1 is 1.26 bits per heavy atom. The number of aromatic nitrogens is 2. The lowest BCUT2D eigenvalue weighted by Gasteiger charge is -2.07. The minimum Gasteiger partial charge on any atom is -0.380 e. The van der Waals surface area contributed by atoms with Gasteiger partial charge >= 0.3 is 0 Å². The fourth-order valence-electron chi connectivity index (χ4n) is 1.70. The summed E-state index contributed by atoms with van der Waals surface area (Å²) in [4.78, 5) is 8.16. The summed E-state index contributed by atoms with van der Waals surface area (Å²) >= 11 is 0. The van der Waals surface area contributed by atoms with Gasteiger partial charge in [-0.05, 0) is 12.5 Å². The van der Waals surface area contributed by atoms with Gasteiger partial charge in [0.15, 0.2) is 17.5 Å². The van der Waals surface area contributed by atoms with Gasteiger partial charge in [0.05, 0.1) is 12.3 Å². The lowest BCUT2D eigenvalue weighted by atomic mass is 10.1. The minimum atomic E-state index is -0.540. The number of nitrogens with one attached hydrogen (secondary N) is 1. The second kappa shape index (κ2) is 5.73. The molecule has 0 aliphatic carbocycles. The second-order valence-corrected chi connectivity index (χ2v) is 4.07. The molecule has 0 saturated heterocycles. The largest absolute Gasteiger partial charge is 0.380 e. The Hall–Kier alpha value is -2.05. The number of nitrogens with zero attached hydrogens (tertiary/aromatic N) is 2. The van der Waals surface area contributed by atoms with Gasteiger partial charge in [0.2, 0.25) is 0 Å². The van der Waals surface area contributed by atoms with E-state index in [0.717, 1.165) is 11.1 Å². The van der Waals surface area contributed by atoms with Crippen LogP contribution in [-0.4, -0.2) is 17.1 Å². The standard InChI is InChI=1S/C13H15FN4O/c1-8-11(14)13(18-15)17-12(16-8)10-5-3-9(4-6-10)7-19-2/h3-6H,7,15H2,1-2H3,(H,16,17,18). The molecule has 0 atom stereocenters. The molecule has 100 valence electrons. The molecule has 5 nitrogen and oxygen atoms in total. The van der Waals surface area contributed by atoms with Crippen molar-refractivity contribution in [1.29, 1.82) is 0 Å². The number of ether oxygens (including phenoxy) is 1. The number of hydrogen-bond acceptors (Lipinski definition) is 5. The van der Waals surface area contributed by atoms with E-state index in [9.17, 15) is 4.39 Å². The Balaban J connectivity index is 2.38. The van der Waals surface area contributed by atoms with Gasteiger partial charge in [-0.2, -0.15) is 0 Å². The first-order chi connectivity index (χ1) is 9.15. The summed E-state index contributed by atoms with van der Waals surface area (Å²) in [6, 6.07) is 7.55. The van der Waals surface area contributed by atoms with Gasteiger partial charge in [-0.3, -0.25) is 0 Å². The zero-order valence-electron chi connectivity index (χ0n) is 10.8. The van der Waals surface area contributed by atoms with Gasteiger partial charge in [0.25, 0.3) is 0 Å². The molecule has 0 unspecified atom stereocenters. The molecule has 1 aromatic carbocycles. The number of nitrogens with two attached hydrogens (primary N) is 1. The number of halogens is 1. The highest BCUT2D eigenvalue weighted by Gasteiger charge is 2.11. The molecular formula is C13H15FN4O. The van der Waals surface area contributed by atoms with Crippen molar-refractivity contribution in [1.82, 2.24) is 9.97 Å². The van der Waals surface area contributed by atoms with Gasteiger partial charge in [0.1, 0.15) is 0 Å². The first-order valence-electron chi connectivity index (χ1n) is 5.74. The first-order valence-corrected chi connectivity index (χ1v) is 5.74. The topological polar surface area (TPSA) is 73.1 Å². The molecule has 2 rings (SSSR count). The molecule has 0 spiro atoms. The van der Waals surface area contributed by atoms with Crippen molar-refractivity contribution in [3.8, 4) is 11.4 Å². The molecule has 3 N–H and O–H groups in total. The van der Waals surface area contributed by atoms with Crippen molar-refractivity contribution in [2.75, 3.05) is 12.5 Å². The number of hydrogen-bond donors (Lipinski definition) is 2. The Labute approximate surface area is 110 Å². The van der Waals surface area contributed by atoms with E-state index < -0.39 is 5.82 Å². The van der Waals surface area contributed by atoms with E-state index in [2.05, 4.69) is 15.4 Å². The van der Waals surface area contributed by atoms with Gasteiger partial charge in [-0.15, -0.1) is 0 Å². The van der Waals surface area contributed by atoms with Crippen molar-refractivity contribution in [2.45, 2.75) is 13.5 Å².